The summed E-state index contributed by atoms with van der Waals surface area (Å²) in [6.07, 6.45) is 4.44. The molecule has 100 valence electrons. The lowest BCUT2D eigenvalue weighted by Gasteiger charge is -2.18. The fourth-order valence-electron chi connectivity index (χ4n) is 2.69. The fraction of sp³-hybridized carbons (Fsp3) is 0.400. The summed E-state index contributed by atoms with van der Waals surface area (Å²) in [5.74, 6) is 0. The van der Waals surface area contributed by atoms with Crippen molar-refractivity contribution in [3.05, 3.63) is 46.5 Å². The molecule has 1 heterocycles. The maximum Gasteiger partial charge on any atom is 0.180 e. The molecule has 1 aliphatic rings. The number of hydrogen-bond acceptors (Lipinski definition) is 4. The summed E-state index contributed by atoms with van der Waals surface area (Å²) in [6, 6.07) is 8.74. The smallest absolute Gasteiger partial charge is 0.180 e. The van der Waals surface area contributed by atoms with Gasteiger partial charge in [0.1, 0.15) is 0 Å². The van der Waals surface area contributed by atoms with Crippen molar-refractivity contribution >= 4 is 16.5 Å². The molecule has 1 aromatic heterocycles. The number of nitrogens with zero attached hydrogens (tertiary/aromatic N) is 1. The maximum atomic E-state index is 5.64. The highest BCUT2D eigenvalue weighted by Gasteiger charge is 2.44. The Morgan fingerprint density at radius 3 is 2.79 bits per heavy atom. The quantitative estimate of drug-likeness (QED) is 0.880. The molecule has 1 saturated carbocycles. The molecule has 3 rings (SSSR count). The highest BCUT2D eigenvalue weighted by Crippen LogP contribution is 2.48. The first kappa shape index (κ1) is 12.6. The third-order valence-electron chi connectivity index (χ3n) is 3.90. The van der Waals surface area contributed by atoms with Crippen molar-refractivity contribution in [1.29, 1.82) is 0 Å². The van der Waals surface area contributed by atoms with E-state index in [-0.39, 0.29) is 0 Å². The standard InChI is InChI=1S/C15H19N3S/c1-11-4-2-3-5-13(11)15(6-7-15)10-17-8-12-9-18-14(16)19-12/h2-5,9,17H,6-8,10H2,1H3,(H2,16,18). The van der Waals surface area contributed by atoms with E-state index in [1.54, 1.807) is 11.3 Å². The predicted octanol–water partition coefficient (Wildman–Crippen LogP) is 2.86. The SMILES string of the molecule is Cc1ccccc1C1(CNCc2cnc(N)s2)CC1. The van der Waals surface area contributed by atoms with E-state index in [1.807, 2.05) is 6.20 Å². The fourth-order valence-corrected chi connectivity index (χ4v) is 3.34. The van der Waals surface area contributed by atoms with E-state index in [1.165, 1.54) is 28.8 Å². The van der Waals surface area contributed by atoms with Crippen molar-refractivity contribution in [3.8, 4) is 0 Å². The van der Waals surface area contributed by atoms with Gasteiger partial charge in [0.15, 0.2) is 5.13 Å². The Morgan fingerprint density at radius 2 is 2.16 bits per heavy atom. The number of aryl methyl sites for hydroxylation is 1. The Hall–Kier alpha value is -1.39. The number of thiazole rings is 1. The highest BCUT2D eigenvalue weighted by molar-refractivity contribution is 7.15. The lowest BCUT2D eigenvalue weighted by Crippen LogP contribution is -2.26. The molecule has 1 aliphatic carbocycles. The topological polar surface area (TPSA) is 50.9 Å². The molecule has 0 bridgehead atoms. The molecule has 0 amide bonds. The first-order valence-corrected chi connectivity index (χ1v) is 7.48. The van der Waals surface area contributed by atoms with Crippen LogP contribution in [0.25, 0.3) is 0 Å². The average molecular weight is 273 g/mol. The molecule has 19 heavy (non-hydrogen) atoms. The molecule has 0 unspecified atom stereocenters. The summed E-state index contributed by atoms with van der Waals surface area (Å²) in [4.78, 5) is 5.28. The molecular formula is C15H19N3S. The molecule has 0 spiro atoms. The minimum atomic E-state index is 0.363. The summed E-state index contributed by atoms with van der Waals surface area (Å²) in [5, 5.41) is 4.21. The van der Waals surface area contributed by atoms with Crippen LogP contribution in [0.4, 0.5) is 5.13 Å². The number of nitrogen functional groups attached to an aromatic ring is 1. The number of benzene rings is 1. The Bertz CT molecular complexity index is 572. The van der Waals surface area contributed by atoms with Crippen LogP contribution in [0, 0.1) is 6.92 Å². The third kappa shape index (κ3) is 2.65. The van der Waals surface area contributed by atoms with Crippen LogP contribution < -0.4 is 11.1 Å². The van der Waals surface area contributed by atoms with Crippen LogP contribution >= 0.6 is 11.3 Å². The van der Waals surface area contributed by atoms with E-state index >= 15 is 0 Å². The summed E-state index contributed by atoms with van der Waals surface area (Å²) in [7, 11) is 0. The number of aromatic nitrogens is 1. The van der Waals surface area contributed by atoms with Gasteiger partial charge in [-0.15, -0.1) is 11.3 Å². The molecule has 0 aliphatic heterocycles. The van der Waals surface area contributed by atoms with Crippen molar-refractivity contribution in [1.82, 2.24) is 10.3 Å². The summed E-state index contributed by atoms with van der Waals surface area (Å²) in [6.45, 7) is 4.11. The highest BCUT2D eigenvalue weighted by atomic mass is 32.1. The van der Waals surface area contributed by atoms with Crippen LogP contribution in [0.1, 0.15) is 28.8 Å². The van der Waals surface area contributed by atoms with Crippen LogP contribution in [0.3, 0.4) is 0 Å². The van der Waals surface area contributed by atoms with Crippen molar-refractivity contribution in [2.24, 2.45) is 0 Å². The van der Waals surface area contributed by atoms with E-state index < -0.39 is 0 Å². The van der Waals surface area contributed by atoms with Gasteiger partial charge >= 0.3 is 0 Å². The number of nitrogens with two attached hydrogens (primary N) is 1. The van der Waals surface area contributed by atoms with E-state index in [9.17, 15) is 0 Å². The second kappa shape index (κ2) is 4.94. The largest absolute Gasteiger partial charge is 0.375 e. The maximum absolute atomic E-state index is 5.64. The normalized spacial score (nSPS) is 16.5. The van der Waals surface area contributed by atoms with Gasteiger partial charge in [-0.2, -0.15) is 0 Å². The first-order chi connectivity index (χ1) is 9.20. The zero-order valence-electron chi connectivity index (χ0n) is 11.1. The summed E-state index contributed by atoms with van der Waals surface area (Å²) in [5.41, 5.74) is 8.91. The molecule has 3 nitrogen and oxygen atoms in total. The van der Waals surface area contributed by atoms with Crippen molar-refractivity contribution in [3.63, 3.8) is 0 Å². The lowest BCUT2D eigenvalue weighted by atomic mass is 9.92. The number of rotatable bonds is 5. The molecule has 3 N–H and O–H groups in total. The average Bonchev–Trinajstić information content (AvgIpc) is 3.06. The second-order valence-electron chi connectivity index (χ2n) is 5.36. The van der Waals surface area contributed by atoms with Crippen LogP contribution in [0.2, 0.25) is 0 Å². The second-order valence-corrected chi connectivity index (χ2v) is 6.51. The van der Waals surface area contributed by atoms with Crippen LogP contribution in [-0.4, -0.2) is 11.5 Å². The zero-order chi connectivity index (χ0) is 13.3. The molecule has 1 aromatic carbocycles. The number of nitrogens with one attached hydrogen (secondary N) is 1. The Balaban J connectivity index is 1.62. The molecular weight excluding hydrogens is 254 g/mol. The van der Waals surface area contributed by atoms with Gasteiger partial charge < -0.3 is 11.1 Å². The van der Waals surface area contributed by atoms with Crippen LogP contribution in [0.15, 0.2) is 30.5 Å². The van der Waals surface area contributed by atoms with E-state index in [4.69, 9.17) is 5.73 Å². The van der Waals surface area contributed by atoms with Gasteiger partial charge in [-0.25, -0.2) is 4.98 Å². The monoisotopic (exact) mass is 273 g/mol. The van der Waals surface area contributed by atoms with Crippen molar-refractivity contribution < 1.29 is 0 Å². The van der Waals surface area contributed by atoms with Gasteiger partial charge in [0.05, 0.1) is 0 Å². The molecule has 1 fully saturated rings. The van der Waals surface area contributed by atoms with Gasteiger partial charge in [-0.1, -0.05) is 24.3 Å². The van der Waals surface area contributed by atoms with Gasteiger partial charge in [-0.05, 0) is 30.9 Å². The van der Waals surface area contributed by atoms with Crippen molar-refractivity contribution in [2.45, 2.75) is 31.7 Å². The lowest BCUT2D eigenvalue weighted by molar-refractivity contribution is 0.575. The molecule has 2 aromatic rings. The van der Waals surface area contributed by atoms with E-state index in [0.717, 1.165) is 13.1 Å². The summed E-state index contributed by atoms with van der Waals surface area (Å²) < 4.78 is 0. The Morgan fingerprint density at radius 1 is 1.37 bits per heavy atom. The minimum Gasteiger partial charge on any atom is -0.375 e. The van der Waals surface area contributed by atoms with Crippen LogP contribution in [-0.2, 0) is 12.0 Å². The van der Waals surface area contributed by atoms with Crippen LogP contribution in [0.5, 0.6) is 0 Å². The van der Waals surface area contributed by atoms with Gasteiger partial charge in [0.2, 0.25) is 0 Å². The van der Waals surface area contributed by atoms with Gasteiger partial charge in [0, 0.05) is 29.6 Å². The van der Waals surface area contributed by atoms with E-state index in [2.05, 4.69) is 41.5 Å². The van der Waals surface area contributed by atoms with Gasteiger partial charge in [-0.3, -0.25) is 0 Å². The minimum absolute atomic E-state index is 0.363. The zero-order valence-corrected chi connectivity index (χ0v) is 12.0. The molecule has 0 radical (unpaired) electrons. The Labute approximate surface area is 117 Å². The number of anilines is 1. The summed E-state index contributed by atoms with van der Waals surface area (Å²) >= 11 is 1.56. The van der Waals surface area contributed by atoms with E-state index in [0.29, 0.717) is 10.5 Å². The molecule has 4 heteroatoms. The Kier molecular flexibility index (Phi) is 3.29. The predicted molar refractivity (Wildman–Crippen MR) is 80.3 cm³/mol. The number of hydrogen-bond donors (Lipinski definition) is 2. The first-order valence-electron chi connectivity index (χ1n) is 6.67. The molecule has 0 saturated heterocycles. The van der Waals surface area contributed by atoms with Crippen molar-refractivity contribution in [2.75, 3.05) is 12.3 Å². The van der Waals surface area contributed by atoms with Gasteiger partial charge in [0.25, 0.3) is 0 Å². The molecule has 0 atom stereocenters. The third-order valence-corrected chi connectivity index (χ3v) is 4.73.